The monoisotopic (exact) mass is 442 g/mol. The minimum Gasteiger partial charge on any atom is -0.361 e. The van der Waals surface area contributed by atoms with Gasteiger partial charge in [-0.15, -0.1) is 11.3 Å². The number of nitrogens with zero attached hydrogens (tertiary/aromatic N) is 1. The number of aryl methyl sites for hydroxylation is 1. The second-order valence-electron chi connectivity index (χ2n) is 8.15. The fourth-order valence-electron chi connectivity index (χ4n) is 4.51. The Morgan fingerprint density at radius 1 is 1.03 bits per heavy atom. The van der Waals surface area contributed by atoms with Crippen LogP contribution in [0.5, 0.6) is 0 Å². The van der Waals surface area contributed by atoms with E-state index in [9.17, 15) is 14.4 Å². The highest BCUT2D eigenvalue weighted by molar-refractivity contribution is 7.12. The fraction of sp³-hybridized carbons (Fsp3) is 0.192. The number of para-hydroxylation sites is 1. The van der Waals surface area contributed by atoms with Gasteiger partial charge in [-0.05, 0) is 42.0 Å². The normalized spacial score (nSPS) is 18.6. The van der Waals surface area contributed by atoms with E-state index in [1.54, 1.807) is 17.0 Å². The van der Waals surface area contributed by atoms with Crippen LogP contribution in [0.2, 0.25) is 0 Å². The highest BCUT2D eigenvalue weighted by Gasteiger charge is 2.51. The predicted octanol–water partition coefficient (Wildman–Crippen LogP) is 4.73. The molecule has 2 atom stereocenters. The molecule has 5 nitrogen and oxygen atoms in total. The molecule has 2 aromatic heterocycles. The molecule has 160 valence electrons. The molecule has 32 heavy (non-hydrogen) atoms. The van der Waals surface area contributed by atoms with Crippen molar-refractivity contribution < 1.29 is 14.4 Å². The van der Waals surface area contributed by atoms with Gasteiger partial charge in [0.2, 0.25) is 5.78 Å². The first kappa shape index (κ1) is 20.4. The van der Waals surface area contributed by atoms with Crippen LogP contribution in [-0.2, 0) is 16.0 Å². The molecule has 4 aromatic rings. The lowest BCUT2D eigenvalue weighted by molar-refractivity contribution is -0.140. The number of rotatable bonds is 6. The fourth-order valence-corrected chi connectivity index (χ4v) is 5.22. The summed E-state index contributed by atoms with van der Waals surface area (Å²) in [6.45, 7) is 2.34. The van der Waals surface area contributed by atoms with Crippen LogP contribution in [0, 0.1) is 12.8 Å². The number of aromatic nitrogens is 1. The van der Waals surface area contributed by atoms with Crippen molar-refractivity contribution in [2.24, 2.45) is 5.92 Å². The summed E-state index contributed by atoms with van der Waals surface area (Å²) in [4.78, 5) is 44.8. The number of ketones is 2. The Bertz CT molecular complexity index is 1300. The minimum absolute atomic E-state index is 0.279. The van der Waals surface area contributed by atoms with Crippen LogP contribution in [0.3, 0.4) is 0 Å². The van der Waals surface area contributed by atoms with Gasteiger partial charge >= 0.3 is 0 Å². The SMILES string of the molecule is Cc1ccc(C2C(C(=O)c3cccs3)C(=O)C(=O)N2CCc2c[nH]c3ccccc23)cc1. The van der Waals surface area contributed by atoms with Crippen molar-refractivity contribution in [2.75, 3.05) is 6.54 Å². The van der Waals surface area contributed by atoms with Gasteiger partial charge in [0.05, 0.1) is 10.9 Å². The van der Waals surface area contributed by atoms with Crippen molar-refractivity contribution in [3.8, 4) is 0 Å². The van der Waals surface area contributed by atoms with Gasteiger partial charge in [0.1, 0.15) is 5.92 Å². The maximum absolute atomic E-state index is 13.3. The molecule has 3 heterocycles. The molecular weight excluding hydrogens is 420 g/mol. The highest BCUT2D eigenvalue weighted by Crippen LogP contribution is 2.39. The van der Waals surface area contributed by atoms with Gasteiger partial charge in [0.25, 0.3) is 5.91 Å². The standard InChI is InChI=1S/C26H22N2O3S/c1-16-8-10-17(11-9-16)23-22(24(29)21-7-4-14-32-21)25(30)26(31)28(23)13-12-18-15-27-20-6-3-2-5-19(18)20/h2-11,14-15,22-23,27H,12-13H2,1H3. The van der Waals surface area contributed by atoms with Crippen LogP contribution >= 0.6 is 11.3 Å². The molecule has 1 N–H and O–H groups in total. The number of nitrogens with one attached hydrogen (secondary N) is 1. The number of Topliss-reactive ketones (excluding diaryl/α,β-unsaturated/α-hetero) is 2. The summed E-state index contributed by atoms with van der Waals surface area (Å²) in [6.07, 6.45) is 2.54. The summed E-state index contributed by atoms with van der Waals surface area (Å²) in [7, 11) is 0. The Labute approximate surface area is 189 Å². The lowest BCUT2D eigenvalue weighted by atomic mass is 9.88. The molecule has 1 aliphatic rings. The molecule has 2 unspecified atom stereocenters. The Morgan fingerprint density at radius 2 is 1.81 bits per heavy atom. The maximum Gasteiger partial charge on any atom is 0.291 e. The lowest BCUT2D eigenvalue weighted by Crippen LogP contribution is -2.32. The number of benzene rings is 2. The summed E-state index contributed by atoms with van der Waals surface area (Å²) in [6, 6.07) is 18.6. The van der Waals surface area contributed by atoms with Crippen molar-refractivity contribution in [1.29, 1.82) is 0 Å². The number of thiophene rings is 1. The summed E-state index contributed by atoms with van der Waals surface area (Å²) in [5.41, 5.74) is 4.00. The van der Waals surface area contributed by atoms with E-state index in [1.807, 2.05) is 67.0 Å². The largest absolute Gasteiger partial charge is 0.361 e. The van der Waals surface area contributed by atoms with Gasteiger partial charge in [0.15, 0.2) is 5.78 Å². The summed E-state index contributed by atoms with van der Waals surface area (Å²) < 4.78 is 0. The number of amides is 1. The first-order chi connectivity index (χ1) is 15.5. The molecule has 5 rings (SSSR count). The summed E-state index contributed by atoms with van der Waals surface area (Å²) >= 11 is 1.30. The van der Waals surface area contributed by atoms with Crippen LogP contribution in [0.4, 0.5) is 0 Å². The zero-order valence-corrected chi connectivity index (χ0v) is 18.4. The highest BCUT2D eigenvalue weighted by atomic mass is 32.1. The Balaban J connectivity index is 1.50. The molecule has 2 aromatic carbocycles. The van der Waals surface area contributed by atoms with Crippen molar-refractivity contribution in [3.63, 3.8) is 0 Å². The molecule has 1 fully saturated rings. The van der Waals surface area contributed by atoms with Crippen molar-refractivity contribution in [2.45, 2.75) is 19.4 Å². The molecule has 6 heteroatoms. The Morgan fingerprint density at radius 3 is 2.56 bits per heavy atom. The second-order valence-corrected chi connectivity index (χ2v) is 9.09. The van der Waals surface area contributed by atoms with E-state index in [0.29, 0.717) is 17.8 Å². The lowest BCUT2D eigenvalue weighted by Gasteiger charge is -2.27. The minimum atomic E-state index is -1.02. The molecule has 0 saturated carbocycles. The number of carbonyl (C=O) groups excluding carboxylic acids is 3. The molecular formula is C26H22N2O3S. The topological polar surface area (TPSA) is 70.2 Å². The third kappa shape index (κ3) is 3.46. The van der Waals surface area contributed by atoms with Crippen molar-refractivity contribution in [3.05, 3.63) is 93.8 Å². The first-order valence-electron chi connectivity index (χ1n) is 10.6. The number of carbonyl (C=O) groups is 3. The number of fused-ring (bicyclic) bond motifs is 1. The molecule has 1 saturated heterocycles. The van der Waals surface area contributed by atoms with Crippen molar-refractivity contribution in [1.82, 2.24) is 9.88 Å². The molecule has 1 amide bonds. The third-order valence-electron chi connectivity index (χ3n) is 6.17. The molecule has 0 spiro atoms. The predicted molar refractivity (Wildman–Crippen MR) is 125 cm³/mol. The zero-order valence-electron chi connectivity index (χ0n) is 17.6. The van der Waals surface area contributed by atoms with Gasteiger partial charge in [0, 0.05) is 23.6 Å². The van der Waals surface area contributed by atoms with Crippen LogP contribution < -0.4 is 0 Å². The van der Waals surface area contributed by atoms with Gasteiger partial charge in [-0.2, -0.15) is 0 Å². The maximum atomic E-state index is 13.3. The quantitative estimate of drug-likeness (QED) is 0.267. The van der Waals surface area contributed by atoms with Gasteiger partial charge < -0.3 is 9.88 Å². The van der Waals surface area contributed by atoms with Crippen LogP contribution in [-0.4, -0.2) is 33.9 Å². The molecule has 0 bridgehead atoms. The number of hydrogen-bond acceptors (Lipinski definition) is 4. The number of H-pyrrole nitrogens is 1. The number of aromatic amines is 1. The molecule has 0 radical (unpaired) electrons. The summed E-state index contributed by atoms with van der Waals surface area (Å²) in [5.74, 6) is -2.50. The smallest absolute Gasteiger partial charge is 0.291 e. The average Bonchev–Trinajstić information content (AvgIpc) is 3.53. The van der Waals surface area contributed by atoms with E-state index in [1.165, 1.54) is 11.3 Å². The van der Waals surface area contributed by atoms with Gasteiger partial charge in [-0.1, -0.05) is 54.1 Å². The van der Waals surface area contributed by atoms with E-state index in [0.717, 1.165) is 27.6 Å². The average molecular weight is 443 g/mol. The zero-order chi connectivity index (χ0) is 22.2. The van der Waals surface area contributed by atoms with Gasteiger partial charge in [-0.25, -0.2) is 0 Å². The van der Waals surface area contributed by atoms with E-state index in [2.05, 4.69) is 4.98 Å². The van der Waals surface area contributed by atoms with E-state index in [-0.39, 0.29) is 5.78 Å². The second kappa shape index (κ2) is 8.20. The van der Waals surface area contributed by atoms with Crippen molar-refractivity contribution >= 4 is 39.7 Å². The van der Waals surface area contributed by atoms with Crippen LogP contribution in [0.1, 0.15) is 32.4 Å². The number of hydrogen-bond donors (Lipinski definition) is 1. The van der Waals surface area contributed by atoms with Crippen LogP contribution in [0.15, 0.2) is 72.2 Å². The van der Waals surface area contributed by atoms with Gasteiger partial charge in [-0.3, -0.25) is 14.4 Å². The Hall–Kier alpha value is -3.51. The molecule has 1 aliphatic heterocycles. The van der Waals surface area contributed by atoms with E-state index < -0.39 is 23.7 Å². The van der Waals surface area contributed by atoms with E-state index in [4.69, 9.17) is 0 Å². The third-order valence-corrected chi connectivity index (χ3v) is 7.05. The Kier molecular flexibility index (Phi) is 5.23. The van der Waals surface area contributed by atoms with Crippen LogP contribution in [0.25, 0.3) is 10.9 Å². The molecule has 0 aliphatic carbocycles. The summed E-state index contributed by atoms with van der Waals surface area (Å²) in [5, 5.41) is 2.91. The number of likely N-dealkylation sites (tertiary alicyclic amines) is 1. The first-order valence-corrected chi connectivity index (χ1v) is 11.5. The van der Waals surface area contributed by atoms with E-state index >= 15 is 0 Å².